The number of hydrogen-bond acceptors (Lipinski definition) is 4. The van der Waals surface area contributed by atoms with Crippen LogP contribution in [0.5, 0.6) is 0 Å². The van der Waals surface area contributed by atoms with Gasteiger partial charge in [0, 0.05) is 12.7 Å². The van der Waals surface area contributed by atoms with Crippen LogP contribution < -0.4 is 10.6 Å². The molecule has 2 heterocycles. The number of nitrogens with zero attached hydrogens (tertiary/aromatic N) is 4. The Balaban J connectivity index is 1.90. The van der Waals surface area contributed by atoms with E-state index in [1.807, 2.05) is 30.5 Å². The van der Waals surface area contributed by atoms with E-state index < -0.39 is 0 Å². The van der Waals surface area contributed by atoms with Gasteiger partial charge < -0.3 is 9.88 Å². The minimum atomic E-state index is -0.313. The molecule has 2 aromatic rings. The number of anilines is 1. The van der Waals surface area contributed by atoms with Gasteiger partial charge in [0.25, 0.3) is 0 Å². The number of amides is 2. The molecular weight excluding hydrogens is 244 g/mol. The largest absolute Gasteiger partial charge is 0.331 e. The molecule has 2 amide bonds. The number of aryl methyl sites for hydroxylation is 2. The van der Waals surface area contributed by atoms with Crippen molar-refractivity contribution in [3.8, 4) is 0 Å². The predicted octanol–water partition coefficient (Wildman–Crippen LogP) is 1.32. The highest BCUT2D eigenvalue weighted by atomic mass is 16.2. The summed E-state index contributed by atoms with van der Waals surface area (Å²) in [6.07, 6.45) is 3.27. The maximum atomic E-state index is 11.7. The first kappa shape index (κ1) is 13.0. The van der Waals surface area contributed by atoms with E-state index in [0.717, 1.165) is 17.9 Å². The summed E-state index contributed by atoms with van der Waals surface area (Å²) in [7, 11) is 0. The third-order valence-corrected chi connectivity index (χ3v) is 2.68. The molecule has 0 saturated heterocycles. The van der Waals surface area contributed by atoms with E-state index in [-0.39, 0.29) is 6.03 Å². The van der Waals surface area contributed by atoms with Crippen molar-refractivity contribution in [2.45, 2.75) is 26.9 Å². The molecular formula is C12H16N6O. The third-order valence-electron chi connectivity index (χ3n) is 2.68. The SMILES string of the molecule is CCn1cnnc1CNC(=O)Nc1ncccc1C. The smallest absolute Gasteiger partial charge is 0.320 e. The monoisotopic (exact) mass is 260 g/mol. The van der Waals surface area contributed by atoms with Gasteiger partial charge in [-0.2, -0.15) is 0 Å². The fourth-order valence-corrected chi connectivity index (χ4v) is 1.61. The van der Waals surface area contributed by atoms with E-state index in [4.69, 9.17) is 0 Å². The van der Waals surface area contributed by atoms with Gasteiger partial charge in [-0.1, -0.05) is 6.07 Å². The lowest BCUT2D eigenvalue weighted by atomic mass is 10.3. The van der Waals surface area contributed by atoms with Crippen LogP contribution in [-0.4, -0.2) is 25.8 Å². The van der Waals surface area contributed by atoms with Gasteiger partial charge in [0.2, 0.25) is 0 Å². The topological polar surface area (TPSA) is 84.7 Å². The highest BCUT2D eigenvalue weighted by Gasteiger charge is 2.07. The maximum absolute atomic E-state index is 11.7. The first-order chi connectivity index (χ1) is 9.20. The van der Waals surface area contributed by atoms with Crippen molar-refractivity contribution >= 4 is 11.8 Å². The fraction of sp³-hybridized carbons (Fsp3) is 0.333. The lowest BCUT2D eigenvalue weighted by Gasteiger charge is -2.08. The summed E-state index contributed by atoms with van der Waals surface area (Å²) in [5.41, 5.74) is 0.911. The average Bonchev–Trinajstić information content (AvgIpc) is 2.86. The van der Waals surface area contributed by atoms with Crippen LogP contribution in [0, 0.1) is 6.92 Å². The Morgan fingerprint density at radius 1 is 1.47 bits per heavy atom. The van der Waals surface area contributed by atoms with E-state index >= 15 is 0 Å². The number of nitrogens with one attached hydrogen (secondary N) is 2. The predicted molar refractivity (Wildman–Crippen MR) is 70.5 cm³/mol. The molecule has 0 aromatic carbocycles. The van der Waals surface area contributed by atoms with Crippen LogP contribution in [0.15, 0.2) is 24.7 Å². The molecule has 0 aliphatic heterocycles. The molecule has 0 unspecified atom stereocenters. The van der Waals surface area contributed by atoms with E-state index in [0.29, 0.717) is 12.4 Å². The maximum Gasteiger partial charge on any atom is 0.320 e. The molecule has 7 nitrogen and oxygen atoms in total. The van der Waals surface area contributed by atoms with Crippen molar-refractivity contribution in [2.24, 2.45) is 0 Å². The van der Waals surface area contributed by atoms with Gasteiger partial charge in [-0.25, -0.2) is 9.78 Å². The van der Waals surface area contributed by atoms with Crippen LogP contribution in [-0.2, 0) is 13.1 Å². The molecule has 0 fully saturated rings. The van der Waals surface area contributed by atoms with Gasteiger partial charge in [-0.3, -0.25) is 5.32 Å². The van der Waals surface area contributed by atoms with Crippen molar-refractivity contribution in [3.63, 3.8) is 0 Å². The van der Waals surface area contributed by atoms with E-state index in [9.17, 15) is 4.79 Å². The van der Waals surface area contributed by atoms with Crippen LogP contribution in [0.25, 0.3) is 0 Å². The molecule has 2 aromatic heterocycles. The first-order valence-corrected chi connectivity index (χ1v) is 6.04. The van der Waals surface area contributed by atoms with Gasteiger partial charge in [0.15, 0.2) is 5.82 Å². The lowest BCUT2D eigenvalue weighted by molar-refractivity contribution is 0.251. The molecule has 0 atom stereocenters. The number of aromatic nitrogens is 4. The molecule has 2 N–H and O–H groups in total. The number of carbonyl (C=O) groups is 1. The Morgan fingerprint density at radius 2 is 2.32 bits per heavy atom. The minimum Gasteiger partial charge on any atom is -0.331 e. The van der Waals surface area contributed by atoms with Crippen LogP contribution >= 0.6 is 0 Å². The van der Waals surface area contributed by atoms with Gasteiger partial charge >= 0.3 is 6.03 Å². The Kier molecular flexibility index (Phi) is 4.07. The van der Waals surface area contributed by atoms with Crippen LogP contribution in [0.1, 0.15) is 18.3 Å². The molecule has 0 spiro atoms. The average molecular weight is 260 g/mol. The Morgan fingerprint density at radius 3 is 3.05 bits per heavy atom. The van der Waals surface area contributed by atoms with Crippen LogP contribution in [0.4, 0.5) is 10.6 Å². The highest BCUT2D eigenvalue weighted by molar-refractivity contribution is 5.88. The normalized spacial score (nSPS) is 10.2. The molecule has 0 aliphatic rings. The summed E-state index contributed by atoms with van der Waals surface area (Å²) < 4.78 is 1.87. The quantitative estimate of drug-likeness (QED) is 0.868. The molecule has 0 radical (unpaired) electrons. The number of carbonyl (C=O) groups excluding carboxylic acids is 1. The zero-order valence-electron chi connectivity index (χ0n) is 10.9. The Labute approximate surface area is 111 Å². The standard InChI is InChI=1S/C12H16N6O/c1-3-18-8-15-17-10(18)7-14-12(19)16-11-9(2)5-4-6-13-11/h4-6,8H,3,7H2,1-2H3,(H2,13,14,16,19). The molecule has 100 valence electrons. The zero-order valence-corrected chi connectivity index (χ0v) is 10.9. The Bertz CT molecular complexity index is 565. The first-order valence-electron chi connectivity index (χ1n) is 6.04. The molecule has 19 heavy (non-hydrogen) atoms. The summed E-state index contributed by atoms with van der Waals surface area (Å²) in [5, 5.41) is 13.1. The van der Waals surface area contributed by atoms with Gasteiger partial charge in [-0.15, -0.1) is 10.2 Å². The Hall–Kier alpha value is -2.44. The van der Waals surface area contributed by atoms with E-state index in [1.165, 1.54) is 0 Å². The van der Waals surface area contributed by atoms with Crippen molar-refractivity contribution in [1.29, 1.82) is 0 Å². The van der Waals surface area contributed by atoms with E-state index in [2.05, 4.69) is 25.8 Å². The van der Waals surface area contributed by atoms with Crippen molar-refractivity contribution in [1.82, 2.24) is 25.1 Å². The molecule has 0 bridgehead atoms. The second-order valence-electron chi connectivity index (χ2n) is 4.01. The molecule has 0 aliphatic carbocycles. The highest BCUT2D eigenvalue weighted by Crippen LogP contribution is 2.08. The third kappa shape index (κ3) is 3.27. The van der Waals surface area contributed by atoms with Crippen molar-refractivity contribution in [3.05, 3.63) is 36.0 Å². The second kappa shape index (κ2) is 5.94. The van der Waals surface area contributed by atoms with Crippen molar-refractivity contribution in [2.75, 3.05) is 5.32 Å². The fourth-order valence-electron chi connectivity index (χ4n) is 1.61. The minimum absolute atomic E-state index is 0.313. The van der Waals surface area contributed by atoms with E-state index in [1.54, 1.807) is 12.5 Å². The van der Waals surface area contributed by atoms with Crippen LogP contribution in [0.2, 0.25) is 0 Å². The summed E-state index contributed by atoms with van der Waals surface area (Å²) >= 11 is 0. The number of hydrogen-bond donors (Lipinski definition) is 2. The number of urea groups is 1. The molecule has 0 saturated carbocycles. The second-order valence-corrected chi connectivity index (χ2v) is 4.01. The number of rotatable bonds is 4. The molecule has 7 heteroatoms. The van der Waals surface area contributed by atoms with Crippen molar-refractivity contribution < 1.29 is 4.79 Å². The summed E-state index contributed by atoms with van der Waals surface area (Å²) in [6.45, 7) is 4.97. The van der Waals surface area contributed by atoms with Gasteiger partial charge in [0.1, 0.15) is 12.1 Å². The molecule has 2 rings (SSSR count). The summed E-state index contributed by atoms with van der Waals surface area (Å²) in [5.74, 6) is 1.27. The summed E-state index contributed by atoms with van der Waals surface area (Å²) in [6, 6.07) is 3.39. The summed E-state index contributed by atoms with van der Waals surface area (Å²) in [4.78, 5) is 15.8. The van der Waals surface area contributed by atoms with Gasteiger partial charge in [0.05, 0.1) is 6.54 Å². The lowest BCUT2D eigenvalue weighted by Crippen LogP contribution is -2.30. The van der Waals surface area contributed by atoms with Crippen LogP contribution in [0.3, 0.4) is 0 Å². The van der Waals surface area contributed by atoms with Gasteiger partial charge in [-0.05, 0) is 25.5 Å². The zero-order chi connectivity index (χ0) is 13.7. The number of pyridine rings is 1.